The molecule has 0 aromatic heterocycles. The summed E-state index contributed by atoms with van der Waals surface area (Å²) in [4.78, 5) is 27.5. The fourth-order valence-corrected chi connectivity index (χ4v) is 3.87. The first-order valence-electron chi connectivity index (χ1n) is 9.97. The molecule has 148 valence electrons. The zero-order chi connectivity index (χ0) is 19.8. The molecule has 0 radical (unpaired) electrons. The van der Waals surface area contributed by atoms with Crippen molar-refractivity contribution in [1.29, 1.82) is 0 Å². The predicted octanol–water partition coefficient (Wildman–Crippen LogP) is 4.93. The van der Waals surface area contributed by atoms with Gasteiger partial charge < -0.3 is 10.1 Å². The third-order valence-corrected chi connectivity index (χ3v) is 5.38. The Morgan fingerprint density at radius 3 is 2.33 bits per heavy atom. The molecule has 3 rings (SSSR count). The van der Waals surface area contributed by atoms with Gasteiger partial charge in [0.1, 0.15) is 11.6 Å². The summed E-state index contributed by atoms with van der Waals surface area (Å²) < 4.78 is 5.56. The van der Waals surface area contributed by atoms with Crippen LogP contribution in [0, 0.1) is 5.41 Å². The number of ether oxygens (including phenoxy) is 1. The van der Waals surface area contributed by atoms with Crippen molar-refractivity contribution in [2.75, 3.05) is 11.9 Å². The van der Waals surface area contributed by atoms with Crippen molar-refractivity contribution in [1.82, 2.24) is 4.90 Å². The molecule has 5 heteroatoms. The number of carbonyl (C=O) groups excluding carboxylic acids is 2. The maximum Gasteiger partial charge on any atom is 0.410 e. The quantitative estimate of drug-likeness (QED) is 0.818. The second kappa shape index (κ2) is 7.17. The lowest BCUT2D eigenvalue weighted by Crippen LogP contribution is -2.58. The molecular formula is C22H32N2O3. The van der Waals surface area contributed by atoms with Gasteiger partial charge in [0.25, 0.3) is 0 Å². The monoisotopic (exact) mass is 372 g/mol. The van der Waals surface area contributed by atoms with E-state index in [1.54, 1.807) is 4.90 Å². The third kappa shape index (κ3) is 4.82. The van der Waals surface area contributed by atoms with Crippen LogP contribution in [0.2, 0.25) is 0 Å². The van der Waals surface area contributed by atoms with Crippen LogP contribution < -0.4 is 5.32 Å². The predicted molar refractivity (Wildman–Crippen MR) is 107 cm³/mol. The molecule has 1 saturated heterocycles. The van der Waals surface area contributed by atoms with Crippen molar-refractivity contribution >= 4 is 17.7 Å². The molecule has 2 amide bonds. The summed E-state index contributed by atoms with van der Waals surface area (Å²) in [6.07, 6.45) is 3.86. The lowest BCUT2D eigenvalue weighted by Gasteiger charge is -2.45. The van der Waals surface area contributed by atoms with Crippen molar-refractivity contribution in [3.8, 4) is 0 Å². The van der Waals surface area contributed by atoms with Gasteiger partial charge in [0.2, 0.25) is 5.91 Å². The Hall–Kier alpha value is -2.04. The SMILES string of the molecule is CC(C)(C)OC(=O)N1CCCC(C)(C)C1C(=O)Nc1ccc(C2CC2)cc1. The summed E-state index contributed by atoms with van der Waals surface area (Å²) in [6, 6.07) is 7.54. The maximum atomic E-state index is 13.1. The van der Waals surface area contributed by atoms with Crippen LogP contribution in [-0.4, -0.2) is 35.1 Å². The van der Waals surface area contributed by atoms with Crippen LogP contribution in [0.5, 0.6) is 0 Å². The lowest BCUT2D eigenvalue weighted by atomic mass is 9.76. The minimum absolute atomic E-state index is 0.148. The van der Waals surface area contributed by atoms with Crippen molar-refractivity contribution in [3.05, 3.63) is 29.8 Å². The summed E-state index contributed by atoms with van der Waals surface area (Å²) in [5, 5.41) is 3.01. The zero-order valence-electron chi connectivity index (χ0n) is 17.2. The highest BCUT2D eigenvalue weighted by Gasteiger charge is 2.45. The fourth-order valence-electron chi connectivity index (χ4n) is 3.87. The number of nitrogens with one attached hydrogen (secondary N) is 1. The van der Waals surface area contributed by atoms with Gasteiger partial charge in [-0.1, -0.05) is 26.0 Å². The van der Waals surface area contributed by atoms with Crippen LogP contribution in [0.1, 0.15) is 71.8 Å². The molecule has 0 spiro atoms. The maximum absolute atomic E-state index is 13.1. The van der Waals surface area contributed by atoms with Gasteiger partial charge in [-0.3, -0.25) is 9.69 Å². The second-order valence-electron chi connectivity index (χ2n) is 9.55. The first-order valence-corrected chi connectivity index (χ1v) is 9.97. The summed E-state index contributed by atoms with van der Waals surface area (Å²) >= 11 is 0. The van der Waals surface area contributed by atoms with Crippen LogP contribution >= 0.6 is 0 Å². The van der Waals surface area contributed by atoms with Gasteiger partial charge in [0, 0.05) is 12.2 Å². The summed E-state index contributed by atoms with van der Waals surface area (Å²) in [7, 11) is 0. The van der Waals surface area contributed by atoms with E-state index < -0.39 is 17.7 Å². The molecule has 1 aliphatic heterocycles. The van der Waals surface area contributed by atoms with E-state index in [9.17, 15) is 9.59 Å². The Bertz CT molecular complexity index is 699. The van der Waals surface area contributed by atoms with Crippen LogP contribution in [0.15, 0.2) is 24.3 Å². The topological polar surface area (TPSA) is 58.6 Å². The molecule has 2 aliphatic rings. The Labute approximate surface area is 162 Å². The van der Waals surface area contributed by atoms with Gasteiger partial charge in [-0.15, -0.1) is 0 Å². The normalized spacial score (nSPS) is 22.3. The first-order chi connectivity index (χ1) is 12.6. The number of amides is 2. The molecule has 1 heterocycles. The number of likely N-dealkylation sites (tertiary alicyclic amines) is 1. The van der Waals surface area contributed by atoms with Crippen molar-refractivity contribution in [2.24, 2.45) is 5.41 Å². The van der Waals surface area contributed by atoms with Crippen LogP contribution in [0.25, 0.3) is 0 Å². The average molecular weight is 373 g/mol. The van der Waals surface area contributed by atoms with E-state index in [4.69, 9.17) is 4.74 Å². The molecule has 1 unspecified atom stereocenters. The number of hydrogen-bond donors (Lipinski definition) is 1. The number of anilines is 1. The third-order valence-electron chi connectivity index (χ3n) is 5.38. The van der Waals surface area contributed by atoms with E-state index in [2.05, 4.69) is 17.4 Å². The lowest BCUT2D eigenvalue weighted by molar-refractivity contribution is -0.127. The number of rotatable bonds is 3. The van der Waals surface area contributed by atoms with Crippen molar-refractivity contribution < 1.29 is 14.3 Å². The van der Waals surface area contributed by atoms with Gasteiger partial charge in [-0.2, -0.15) is 0 Å². The van der Waals surface area contributed by atoms with Gasteiger partial charge >= 0.3 is 6.09 Å². The van der Waals surface area contributed by atoms with E-state index in [0.29, 0.717) is 12.5 Å². The number of piperidine rings is 1. The highest BCUT2D eigenvalue weighted by Crippen LogP contribution is 2.40. The summed E-state index contributed by atoms with van der Waals surface area (Å²) in [6.45, 7) is 10.2. The molecule has 1 aliphatic carbocycles. The number of hydrogen-bond acceptors (Lipinski definition) is 3. The molecule has 1 N–H and O–H groups in total. The molecule has 2 fully saturated rings. The summed E-state index contributed by atoms with van der Waals surface area (Å²) in [5.74, 6) is 0.541. The Morgan fingerprint density at radius 1 is 1.15 bits per heavy atom. The van der Waals surface area contributed by atoms with Crippen LogP contribution in [-0.2, 0) is 9.53 Å². The molecule has 27 heavy (non-hydrogen) atoms. The number of carbonyl (C=O) groups is 2. The van der Waals surface area contributed by atoms with E-state index in [0.717, 1.165) is 18.5 Å². The molecule has 5 nitrogen and oxygen atoms in total. The molecule has 1 saturated carbocycles. The number of nitrogens with zero attached hydrogens (tertiary/aromatic N) is 1. The number of benzene rings is 1. The average Bonchev–Trinajstić information content (AvgIpc) is 3.37. The van der Waals surface area contributed by atoms with E-state index >= 15 is 0 Å². The zero-order valence-corrected chi connectivity index (χ0v) is 17.2. The van der Waals surface area contributed by atoms with Crippen molar-refractivity contribution in [3.63, 3.8) is 0 Å². The van der Waals surface area contributed by atoms with Crippen LogP contribution in [0.3, 0.4) is 0 Å². The second-order valence-corrected chi connectivity index (χ2v) is 9.55. The van der Waals surface area contributed by atoms with Gasteiger partial charge in [0.05, 0.1) is 0 Å². The van der Waals surface area contributed by atoms with Crippen molar-refractivity contribution in [2.45, 2.75) is 77.9 Å². The molecule has 0 bridgehead atoms. The Balaban J connectivity index is 1.75. The molecular weight excluding hydrogens is 340 g/mol. The highest BCUT2D eigenvalue weighted by atomic mass is 16.6. The van der Waals surface area contributed by atoms with Gasteiger partial charge in [-0.25, -0.2) is 4.79 Å². The Kier molecular flexibility index (Phi) is 5.24. The summed E-state index contributed by atoms with van der Waals surface area (Å²) in [5.41, 5.74) is 1.21. The minimum atomic E-state index is -0.585. The smallest absolute Gasteiger partial charge is 0.410 e. The highest BCUT2D eigenvalue weighted by molar-refractivity contribution is 5.97. The minimum Gasteiger partial charge on any atom is -0.444 e. The van der Waals surface area contributed by atoms with Gasteiger partial charge in [-0.05, 0) is 75.5 Å². The van der Waals surface area contributed by atoms with Crippen LogP contribution in [0.4, 0.5) is 10.5 Å². The molecule has 1 aromatic rings. The molecule has 1 aromatic carbocycles. The fraction of sp³-hybridized carbons (Fsp3) is 0.636. The molecule has 1 atom stereocenters. The van der Waals surface area contributed by atoms with E-state index in [1.165, 1.54) is 18.4 Å². The van der Waals surface area contributed by atoms with E-state index in [1.807, 2.05) is 46.8 Å². The standard InChI is InChI=1S/C22H32N2O3/c1-21(2,3)27-20(26)24-14-6-13-22(4,5)18(24)19(25)23-17-11-9-16(10-12-17)15-7-8-15/h9-12,15,18H,6-8,13-14H2,1-5H3,(H,23,25). The first kappa shape index (κ1) is 19.7. The van der Waals surface area contributed by atoms with E-state index in [-0.39, 0.29) is 11.3 Å². The van der Waals surface area contributed by atoms with Gasteiger partial charge in [0.15, 0.2) is 0 Å². The largest absolute Gasteiger partial charge is 0.444 e. The Morgan fingerprint density at radius 2 is 1.78 bits per heavy atom.